The molecule has 0 aromatic carbocycles. The largest absolute Gasteiger partial charge is 2.00 e. The molecule has 10 N–H and O–H groups in total. The Hall–Kier alpha value is -3.36. The molecule has 0 aliphatic rings. The number of hydrogen-bond acceptors (Lipinski definition) is 20. The van der Waals surface area contributed by atoms with Crippen LogP contribution in [0.5, 0.6) is 0 Å². The number of carbonyl (C=O) groups excluding carboxylic acids is 10. The van der Waals surface area contributed by atoms with Gasteiger partial charge >= 0.3 is 0 Å². The molecule has 44 heavy (non-hydrogen) atoms. The summed E-state index contributed by atoms with van der Waals surface area (Å²) in [7, 11) is 0. The molecule has 0 aliphatic heterocycles. The zero-order valence-electron chi connectivity index (χ0n) is 19.5. The summed E-state index contributed by atoms with van der Waals surface area (Å²) in [6, 6.07) is 0. The molecular formula is C10H10O30V4-20. The molecule has 0 saturated heterocycles. The molecule has 0 saturated carbocycles. The van der Waals surface area contributed by atoms with E-state index in [1.54, 1.807) is 0 Å². The fourth-order valence-corrected chi connectivity index (χ4v) is 0. The molecule has 4 radical (unpaired) electrons. The summed E-state index contributed by atoms with van der Waals surface area (Å²) in [5.74, 6) is -21.9. The molecule has 0 heterocycles. The van der Waals surface area contributed by atoms with Crippen molar-refractivity contribution in [2.45, 2.75) is 0 Å². The molecule has 0 aromatic heterocycles. The molecule has 270 valence electrons. The Bertz CT molecular complexity index is 521. The van der Waals surface area contributed by atoms with Gasteiger partial charge < -0.3 is 154 Å². The van der Waals surface area contributed by atoms with Gasteiger partial charge in [-0.3, -0.25) is 0 Å². The average Bonchev–Trinajstić information content (AvgIpc) is 2.56. The topological polar surface area (TPSA) is 701 Å². The molecule has 0 fully saturated rings. The van der Waals surface area contributed by atoms with Crippen LogP contribution in [0.3, 0.4) is 0 Å². The third-order valence-electron chi connectivity index (χ3n) is 0.833. The van der Waals surface area contributed by atoms with Gasteiger partial charge in [0.2, 0.25) is 0 Å². The summed E-state index contributed by atoms with van der Waals surface area (Å²) in [6.07, 6.45) is 0. The Kier molecular flexibility index (Phi) is 258. The first-order valence-corrected chi connectivity index (χ1v) is 5.33. The third-order valence-corrected chi connectivity index (χ3v) is 0.833. The summed E-state index contributed by atoms with van der Waals surface area (Å²) >= 11 is 0. The molecule has 0 spiro atoms. The van der Waals surface area contributed by atoms with Crippen LogP contribution in [0, 0.1) is 0 Å². The van der Waals surface area contributed by atoms with E-state index in [9.17, 15) is 0 Å². The normalized spacial score (nSPS) is 5.00. The van der Waals surface area contributed by atoms with Crippen molar-refractivity contribution in [1.82, 2.24) is 0 Å². The van der Waals surface area contributed by atoms with E-state index in [1.807, 2.05) is 0 Å². The number of aliphatic carboxylic acids is 10. The quantitative estimate of drug-likeness (QED) is 0.205. The minimum absolute atomic E-state index is 0. The van der Waals surface area contributed by atoms with Gasteiger partial charge in [-0.15, -0.1) is 0 Å². The molecule has 0 amide bonds. The molecule has 0 aromatic rings. The van der Waals surface area contributed by atoms with Crippen molar-refractivity contribution >= 4 is 59.7 Å². The Labute approximate surface area is 286 Å². The van der Waals surface area contributed by atoms with E-state index in [2.05, 4.69) is 0 Å². The molecular weight excluding hydrogens is 804 g/mol. The molecule has 0 rings (SSSR count). The number of rotatable bonds is 0. The maximum absolute atomic E-state index is 8.93. The monoisotopic (exact) mass is 814 g/mol. The minimum Gasteiger partial charge on any atom is -2.00 e. The maximum Gasteiger partial charge on any atom is 0.0870 e. The third kappa shape index (κ3) is 198. The van der Waals surface area contributed by atoms with Crippen LogP contribution in [-0.2, 0) is 150 Å². The Morgan fingerprint density at radius 3 is 0.227 bits per heavy atom. The zero-order valence-corrected chi connectivity index (χ0v) is 25.1. The van der Waals surface area contributed by atoms with E-state index in [-0.39, 0.29) is 129 Å². The van der Waals surface area contributed by atoms with Crippen LogP contribution >= 0.6 is 0 Å². The van der Waals surface area contributed by atoms with Crippen LogP contribution in [0.15, 0.2) is 0 Å². The van der Waals surface area contributed by atoms with Gasteiger partial charge in [-0.25, -0.2) is 0 Å². The summed E-state index contributed by atoms with van der Waals surface area (Å²) in [5, 5.41) is 89.3. The van der Waals surface area contributed by atoms with Gasteiger partial charge in [-0.05, 0) is 0 Å². The molecule has 0 aliphatic carbocycles. The Morgan fingerprint density at radius 2 is 0.227 bits per heavy atom. The van der Waals surface area contributed by atoms with Crippen molar-refractivity contribution in [3.05, 3.63) is 0 Å². The van der Waals surface area contributed by atoms with Crippen molar-refractivity contribution in [3.8, 4) is 0 Å². The molecule has 0 unspecified atom stereocenters. The number of hydrogen-bond donors (Lipinski definition) is 0. The maximum atomic E-state index is 8.93. The van der Waals surface area contributed by atoms with E-state index < -0.39 is 59.7 Å². The summed E-state index contributed by atoms with van der Waals surface area (Å²) in [5.41, 5.74) is 0. The second kappa shape index (κ2) is 83.4. The van der Waals surface area contributed by atoms with Crippen LogP contribution in [0.1, 0.15) is 0 Å². The van der Waals surface area contributed by atoms with Gasteiger partial charge in [-0.2, -0.15) is 0 Å². The van der Waals surface area contributed by atoms with Crippen molar-refractivity contribution < 1.29 is 228 Å². The first kappa shape index (κ1) is 136. The van der Waals surface area contributed by atoms with Crippen molar-refractivity contribution in [1.29, 1.82) is 0 Å². The van der Waals surface area contributed by atoms with Crippen LogP contribution in [0.4, 0.5) is 0 Å². The number of carboxylic acid groups (broad SMARTS) is 10. The fraction of sp³-hybridized carbons (Fsp3) is 0. The second-order valence-corrected chi connectivity index (χ2v) is 2.87. The van der Waals surface area contributed by atoms with Gasteiger partial charge in [0, 0.05) is 74.2 Å². The Morgan fingerprint density at radius 1 is 0.205 bits per heavy atom. The van der Waals surface area contributed by atoms with Crippen molar-refractivity contribution in [2.75, 3.05) is 0 Å². The zero-order chi connectivity index (χ0) is 25.8. The number of carboxylic acids is 10. The second-order valence-electron chi connectivity index (χ2n) is 2.87. The van der Waals surface area contributed by atoms with E-state index in [0.717, 1.165) is 0 Å². The Balaban J connectivity index is -0.00000000967. The first-order chi connectivity index (χ1) is 13.2. The van der Waals surface area contributed by atoms with Crippen LogP contribution in [0.2, 0.25) is 0 Å². The SMILES string of the molecule is O.O.O.O.O.O=C([O-])C(=O)[O-].O=C([O-])C(=O)[O-].O=C([O-])C(=O)[O-].O=C([O-])C(=O)[O-].O=C([O-])C(=O)[O-].[O-2].[O-2].[O-2].[O-2].[O-2].[V].[V].[V].[V]. The summed E-state index contributed by atoms with van der Waals surface area (Å²) < 4.78 is 0. The molecule has 34 heteroatoms. The van der Waals surface area contributed by atoms with Crippen molar-refractivity contribution in [2.24, 2.45) is 0 Å². The standard InChI is InChI=1S/5C2H2O4.5H2O.5O.4V/c5*3-1(4)2(5)6;;;;;;;;;;;;;;/h5*(H,3,4)(H,5,6);5*1H2;;;;;;;;;/q;;;;;;;;;;5*-2;;;;/p-10. The van der Waals surface area contributed by atoms with E-state index in [0.29, 0.717) is 0 Å². The van der Waals surface area contributed by atoms with Gasteiger partial charge in [0.15, 0.2) is 0 Å². The number of carbonyl (C=O) groups is 10. The fourth-order valence-electron chi connectivity index (χ4n) is 0. The first-order valence-electron chi connectivity index (χ1n) is 5.33. The summed E-state index contributed by atoms with van der Waals surface area (Å²) in [6.45, 7) is 0. The van der Waals surface area contributed by atoms with Gasteiger partial charge in [0.05, 0.1) is 59.7 Å². The van der Waals surface area contributed by atoms with Crippen LogP contribution in [0.25, 0.3) is 0 Å². The van der Waals surface area contributed by atoms with E-state index >= 15 is 0 Å². The van der Waals surface area contributed by atoms with Gasteiger partial charge in [0.25, 0.3) is 0 Å². The van der Waals surface area contributed by atoms with Crippen LogP contribution < -0.4 is 51.1 Å². The minimum atomic E-state index is -2.19. The van der Waals surface area contributed by atoms with Crippen molar-refractivity contribution in [3.63, 3.8) is 0 Å². The summed E-state index contributed by atoms with van der Waals surface area (Å²) in [4.78, 5) is 89.3. The smallest absolute Gasteiger partial charge is 0.0870 e. The molecule has 0 atom stereocenters. The van der Waals surface area contributed by atoms with E-state index in [1.165, 1.54) is 0 Å². The van der Waals surface area contributed by atoms with Crippen LogP contribution in [-0.4, -0.2) is 87.1 Å². The van der Waals surface area contributed by atoms with E-state index in [4.69, 9.17) is 99.0 Å². The predicted octanol–water partition coefficient (Wildman–Crippen LogP) is -22.3. The van der Waals surface area contributed by atoms with Gasteiger partial charge in [-0.1, -0.05) is 0 Å². The molecule has 0 bridgehead atoms. The average molecular weight is 814 g/mol. The molecule has 30 nitrogen and oxygen atoms in total. The van der Waals surface area contributed by atoms with Gasteiger partial charge in [0.1, 0.15) is 0 Å². The predicted molar refractivity (Wildman–Crippen MR) is 71.6 cm³/mol.